The fraction of sp³-hybridized carbons (Fsp3) is 0.200. The van der Waals surface area contributed by atoms with Gasteiger partial charge in [-0.2, -0.15) is 5.01 Å². The van der Waals surface area contributed by atoms with Gasteiger partial charge in [0.25, 0.3) is 5.91 Å². The maximum Gasteiger partial charge on any atom is 0.344 e. The molecule has 0 spiro atoms. The Morgan fingerprint density at radius 2 is 1.93 bits per heavy atom. The second-order valence-electron chi connectivity index (χ2n) is 6.81. The average molecular weight is 425 g/mol. The highest BCUT2D eigenvalue weighted by Crippen LogP contribution is 2.29. The molecule has 2 heterocycles. The summed E-state index contributed by atoms with van der Waals surface area (Å²) in [5.41, 5.74) is 3.33. The molecule has 3 aromatic rings. The summed E-state index contributed by atoms with van der Waals surface area (Å²) >= 11 is 1.18. The molecule has 1 aliphatic rings. The number of aromatic nitrogens is 2. The van der Waals surface area contributed by atoms with E-state index < -0.39 is 23.4 Å². The number of carbonyl (C=O) groups excluding carboxylic acids is 3. The Bertz CT molecular complexity index is 1100. The first-order chi connectivity index (χ1) is 14.4. The molecule has 1 aliphatic heterocycles. The minimum absolute atomic E-state index is 0.0177. The Hall–Kier alpha value is -3.53. The lowest BCUT2D eigenvalue weighted by atomic mass is 9.92. The molecule has 1 saturated heterocycles. The Morgan fingerprint density at radius 1 is 1.20 bits per heavy atom. The van der Waals surface area contributed by atoms with Gasteiger partial charge in [0.15, 0.2) is 5.16 Å². The van der Waals surface area contributed by atoms with E-state index >= 15 is 0 Å². The number of hydrogen-bond acceptors (Lipinski definition) is 6. The Morgan fingerprint density at radius 3 is 2.63 bits per heavy atom. The summed E-state index contributed by atoms with van der Waals surface area (Å²) in [6.07, 6.45) is 0. The van der Waals surface area contributed by atoms with Crippen molar-refractivity contribution in [3.63, 3.8) is 0 Å². The van der Waals surface area contributed by atoms with Crippen LogP contribution in [0.3, 0.4) is 0 Å². The summed E-state index contributed by atoms with van der Waals surface area (Å²) in [5, 5.41) is 3.93. The van der Waals surface area contributed by atoms with Crippen LogP contribution in [0.5, 0.6) is 5.75 Å². The van der Waals surface area contributed by atoms with Crippen molar-refractivity contribution in [3.8, 4) is 5.75 Å². The zero-order chi connectivity index (χ0) is 21.3. The molecular weight excluding hydrogens is 406 g/mol. The number of nitrogens with zero attached hydrogens (tertiary/aromatic N) is 2. The average Bonchev–Trinajstić information content (AvgIpc) is 3.27. The number of carbonyl (C=O) groups is 3. The number of hydrogen-bond donors (Lipinski definition) is 3. The van der Waals surface area contributed by atoms with Crippen molar-refractivity contribution in [2.75, 3.05) is 12.9 Å². The fourth-order valence-electron chi connectivity index (χ4n) is 3.15. The molecule has 30 heavy (non-hydrogen) atoms. The lowest BCUT2D eigenvalue weighted by Crippen LogP contribution is -2.48. The van der Waals surface area contributed by atoms with Crippen LogP contribution in [-0.4, -0.2) is 45.7 Å². The van der Waals surface area contributed by atoms with Crippen LogP contribution in [0.25, 0.3) is 11.0 Å². The summed E-state index contributed by atoms with van der Waals surface area (Å²) in [6.45, 7) is 1.59. The molecule has 0 bridgehead atoms. The number of H-pyrrole nitrogens is 1. The number of benzene rings is 2. The number of amides is 4. The number of methoxy groups -OCH3 is 1. The van der Waals surface area contributed by atoms with Crippen molar-refractivity contribution >= 4 is 40.6 Å². The summed E-state index contributed by atoms with van der Waals surface area (Å²) in [7, 11) is 1.54. The zero-order valence-corrected chi connectivity index (χ0v) is 17.1. The van der Waals surface area contributed by atoms with Gasteiger partial charge in [-0.3, -0.25) is 15.0 Å². The van der Waals surface area contributed by atoms with Gasteiger partial charge in [0.2, 0.25) is 5.91 Å². The van der Waals surface area contributed by atoms with Crippen molar-refractivity contribution in [2.24, 2.45) is 0 Å². The molecule has 9 nitrogen and oxygen atoms in total. The molecule has 1 aromatic heterocycles. The number of hydrazine groups is 1. The van der Waals surface area contributed by atoms with E-state index in [1.807, 2.05) is 24.3 Å². The van der Waals surface area contributed by atoms with E-state index in [1.54, 1.807) is 38.3 Å². The van der Waals surface area contributed by atoms with Crippen molar-refractivity contribution < 1.29 is 19.1 Å². The van der Waals surface area contributed by atoms with Crippen LogP contribution >= 0.6 is 11.8 Å². The van der Waals surface area contributed by atoms with Crippen molar-refractivity contribution in [3.05, 3.63) is 54.1 Å². The van der Waals surface area contributed by atoms with Crippen molar-refractivity contribution in [1.82, 2.24) is 25.7 Å². The van der Waals surface area contributed by atoms with Gasteiger partial charge in [0.05, 0.1) is 23.9 Å². The summed E-state index contributed by atoms with van der Waals surface area (Å²) in [4.78, 5) is 45.1. The van der Waals surface area contributed by atoms with Crippen LogP contribution in [0.4, 0.5) is 4.79 Å². The number of ether oxygens (including phenoxy) is 1. The molecule has 10 heteroatoms. The van der Waals surface area contributed by atoms with Crippen LogP contribution in [0, 0.1) is 0 Å². The fourth-order valence-corrected chi connectivity index (χ4v) is 3.83. The van der Waals surface area contributed by atoms with Gasteiger partial charge in [-0.1, -0.05) is 36.0 Å². The van der Waals surface area contributed by atoms with Crippen molar-refractivity contribution in [2.45, 2.75) is 17.6 Å². The maximum absolute atomic E-state index is 12.9. The molecule has 1 atom stereocenters. The summed E-state index contributed by atoms with van der Waals surface area (Å²) in [6, 6.07) is 13.6. The highest BCUT2D eigenvalue weighted by molar-refractivity contribution is 7.99. The normalized spacial score (nSPS) is 18.5. The number of imidazole rings is 1. The first kappa shape index (κ1) is 19.8. The van der Waals surface area contributed by atoms with Crippen LogP contribution in [-0.2, 0) is 15.1 Å². The second kappa shape index (κ2) is 7.71. The molecule has 4 rings (SSSR count). The number of thioether (sulfide) groups is 1. The highest BCUT2D eigenvalue weighted by atomic mass is 32.2. The number of imide groups is 1. The number of rotatable bonds is 6. The van der Waals surface area contributed by atoms with E-state index in [2.05, 4.69) is 20.7 Å². The predicted octanol–water partition coefficient (Wildman–Crippen LogP) is 2.16. The summed E-state index contributed by atoms with van der Waals surface area (Å²) in [5.74, 6) is -0.453. The smallest absolute Gasteiger partial charge is 0.344 e. The molecule has 1 fully saturated rings. The van der Waals surface area contributed by atoms with E-state index in [-0.39, 0.29) is 5.75 Å². The Kier molecular flexibility index (Phi) is 5.08. The minimum Gasteiger partial charge on any atom is -0.497 e. The molecule has 0 saturated carbocycles. The summed E-state index contributed by atoms with van der Waals surface area (Å²) < 4.78 is 5.12. The molecule has 154 valence electrons. The molecule has 0 unspecified atom stereocenters. The van der Waals surface area contributed by atoms with Crippen LogP contribution in [0.15, 0.2) is 53.7 Å². The topological polar surface area (TPSA) is 116 Å². The second-order valence-corrected chi connectivity index (χ2v) is 7.77. The lowest BCUT2D eigenvalue weighted by Gasteiger charge is -2.22. The maximum atomic E-state index is 12.9. The third kappa shape index (κ3) is 3.57. The lowest BCUT2D eigenvalue weighted by molar-refractivity contribution is -0.138. The number of aromatic amines is 1. The van der Waals surface area contributed by atoms with E-state index in [1.165, 1.54) is 11.8 Å². The number of nitrogens with one attached hydrogen (secondary N) is 3. The first-order valence-corrected chi connectivity index (χ1v) is 10.1. The number of para-hydroxylation sites is 2. The van der Waals surface area contributed by atoms with Gasteiger partial charge in [-0.25, -0.2) is 9.78 Å². The zero-order valence-electron chi connectivity index (χ0n) is 16.3. The quantitative estimate of drug-likeness (QED) is 0.412. The number of fused-ring (bicyclic) bond motifs is 1. The monoisotopic (exact) mass is 425 g/mol. The van der Waals surface area contributed by atoms with Crippen molar-refractivity contribution in [1.29, 1.82) is 0 Å². The van der Waals surface area contributed by atoms with E-state index in [9.17, 15) is 14.4 Å². The van der Waals surface area contributed by atoms with Gasteiger partial charge in [-0.15, -0.1) is 0 Å². The Labute approximate surface area is 176 Å². The first-order valence-electron chi connectivity index (χ1n) is 9.09. The van der Waals surface area contributed by atoms with E-state index in [0.717, 1.165) is 11.0 Å². The van der Waals surface area contributed by atoms with Crippen LogP contribution in [0.1, 0.15) is 12.5 Å². The molecular formula is C20H19N5O4S. The van der Waals surface area contributed by atoms with Gasteiger partial charge in [-0.05, 0) is 36.8 Å². The highest BCUT2D eigenvalue weighted by Gasteiger charge is 2.50. The van der Waals surface area contributed by atoms with Crippen LogP contribution in [0.2, 0.25) is 0 Å². The third-order valence-electron chi connectivity index (χ3n) is 4.80. The molecule has 2 aromatic carbocycles. The molecule has 4 amide bonds. The standard InChI is InChI=1S/C20H19N5O4S/c1-20(12-7-9-13(29-2)10-8-12)17(27)25(19(28)23-20)24-16(26)11-30-18-21-14-5-3-4-6-15(14)22-18/h3-10H,11H2,1-2H3,(H,21,22)(H,23,28)(H,24,26)/t20-/m1/s1. The Balaban J connectivity index is 1.41. The largest absolute Gasteiger partial charge is 0.497 e. The third-order valence-corrected chi connectivity index (χ3v) is 5.68. The molecule has 3 N–H and O–H groups in total. The van der Waals surface area contributed by atoms with E-state index in [4.69, 9.17) is 4.74 Å². The molecule has 0 radical (unpaired) electrons. The predicted molar refractivity (Wildman–Crippen MR) is 111 cm³/mol. The van der Waals surface area contributed by atoms with Gasteiger partial charge < -0.3 is 15.0 Å². The van der Waals surface area contributed by atoms with Gasteiger partial charge in [0, 0.05) is 0 Å². The van der Waals surface area contributed by atoms with E-state index in [0.29, 0.717) is 21.5 Å². The van der Waals surface area contributed by atoms with Gasteiger partial charge in [0.1, 0.15) is 11.3 Å². The van der Waals surface area contributed by atoms with Crippen LogP contribution < -0.4 is 15.5 Å². The SMILES string of the molecule is COc1ccc([C@@]2(C)NC(=O)N(NC(=O)CSc3nc4ccccc4[nH]3)C2=O)cc1. The number of urea groups is 1. The molecule has 0 aliphatic carbocycles. The minimum atomic E-state index is -1.29. The van der Waals surface area contributed by atoms with Gasteiger partial charge >= 0.3 is 6.03 Å².